The molecule has 1 saturated heterocycles. The summed E-state index contributed by atoms with van der Waals surface area (Å²) < 4.78 is 5.76. The van der Waals surface area contributed by atoms with Crippen molar-refractivity contribution in [3.63, 3.8) is 0 Å². The molecule has 0 unspecified atom stereocenters. The van der Waals surface area contributed by atoms with Crippen LogP contribution in [0.3, 0.4) is 0 Å². The Bertz CT molecular complexity index is 1160. The zero-order valence-electron chi connectivity index (χ0n) is 23.5. The predicted octanol–water partition coefficient (Wildman–Crippen LogP) is 2.36. The Hall–Kier alpha value is -3.51. The lowest BCUT2D eigenvalue weighted by Gasteiger charge is -2.17. The minimum atomic E-state index is -0.725. The summed E-state index contributed by atoms with van der Waals surface area (Å²) in [6, 6.07) is 11.8. The van der Waals surface area contributed by atoms with E-state index in [1.54, 1.807) is 18.2 Å². The zero-order valence-corrected chi connectivity index (χ0v) is 23.5. The van der Waals surface area contributed by atoms with Gasteiger partial charge in [0.2, 0.25) is 5.91 Å². The maximum atomic E-state index is 12.5. The highest BCUT2D eigenvalue weighted by Gasteiger charge is 2.37. The van der Waals surface area contributed by atoms with E-state index in [0.717, 1.165) is 68.6 Å². The number of nitrogens with zero attached hydrogens (tertiary/aromatic N) is 2. The number of carbonyl (C=O) groups is 3. The van der Waals surface area contributed by atoms with E-state index in [1.807, 2.05) is 18.2 Å². The molecule has 11 nitrogen and oxygen atoms in total. The van der Waals surface area contributed by atoms with Crippen molar-refractivity contribution in [1.29, 1.82) is 0 Å². The highest BCUT2D eigenvalue weighted by Crippen LogP contribution is 2.24. The first-order valence-electron chi connectivity index (χ1n) is 14.2. The number of anilines is 1. The number of nitrogens with one attached hydrogen (secondary N) is 1. The summed E-state index contributed by atoms with van der Waals surface area (Å²) >= 11 is 0. The van der Waals surface area contributed by atoms with Crippen molar-refractivity contribution >= 4 is 23.5 Å². The van der Waals surface area contributed by atoms with E-state index in [-0.39, 0.29) is 18.9 Å². The van der Waals surface area contributed by atoms with Gasteiger partial charge in [-0.25, -0.2) is 4.79 Å². The molecule has 1 atom stereocenters. The molecule has 0 aromatic heterocycles. The first-order valence-corrected chi connectivity index (χ1v) is 14.2. The minimum absolute atomic E-state index is 0.0251. The van der Waals surface area contributed by atoms with Crippen molar-refractivity contribution in [3.05, 3.63) is 59.2 Å². The number of carbonyl (C=O) groups excluding carboxylic acids is 3. The number of hydrogen-bond acceptors (Lipinski definition) is 8. The molecule has 2 aromatic carbocycles. The van der Waals surface area contributed by atoms with Crippen LogP contribution in [0.25, 0.3) is 0 Å². The van der Waals surface area contributed by atoms with E-state index >= 15 is 0 Å². The standard InChI is InChI=1S/C30H42N4O7/c31-28(38)19-34-29(39)20-33(30(34)40)25-10-7-9-22(16-25)8-3-6-15-41-14-5-2-1-4-13-32-18-27(37)23-11-12-26(36)24(17-23)21-35/h7,9-12,16-17,27,32,35-37H,1-6,8,13-15,18-21H2,(H2,31,38)/t27-/m0/s1. The van der Waals surface area contributed by atoms with Gasteiger partial charge in [-0.2, -0.15) is 0 Å². The third kappa shape index (κ3) is 10.1. The average Bonchev–Trinajstić information content (AvgIpc) is 3.23. The second-order valence-electron chi connectivity index (χ2n) is 10.2. The van der Waals surface area contributed by atoms with Crippen LogP contribution < -0.4 is 16.0 Å². The molecule has 224 valence electrons. The molecule has 1 fully saturated rings. The van der Waals surface area contributed by atoms with Crippen LogP contribution in [0.2, 0.25) is 0 Å². The summed E-state index contributed by atoms with van der Waals surface area (Å²) in [6.45, 7) is 1.85. The second-order valence-corrected chi connectivity index (χ2v) is 10.2. The van der Waals surface area contributed by atoms with Gasteiger partial charge in [0.05, 0.1) is 12.7 Å². The predicted molar refractivity (Wildman–Crippen MR) is 154 cm³/mol. The molecule has 0 saturated carbocycles. The summed E-state index contributed by atoms with van der Waals surface area (Å²) in [7, 11) is 0. The Morgan fingerprint density at radius 2 is 1.78 bits per heavy atom. The lowest BCUT2D eigenvalue weighted by molar-refractivity contribution is -0.129. The van der Waals surface area contributed by atoms with Gasteiger partial charge in [-0.1, -0.05) is 31.0 Å². The summed E-state index contributed by atoms with van der Waals surface area (Å²) in [5, 5.41) is 32.4. The quantitative estimate of drug-likeness (QED) is 0.127. The first-order chi connectivity index (χ1) is 19.8. The van der Waals surface area contributed by atoms with E-state index in [2.05, 4.69) is 5.32 Å². The van der Waals surface area contributed by atoms with Gasteiger partial charge in [-0.15, -0.1) is 0 Å². The maximum absolute atomic E-state index is 12.5. The highest BCUT2D eigenvalue weighted by molar-refractivity contribution is 6.13. The fraction of sp³-hybridized carbons (Fsp3) is 0.500. The number of unbranched alkanes of at least 4 members (excludes halogenated alkanes) is 4. The first kappa shape index (κ1) is 32.0. The van der Waals surface area contributed by atoms with Crippen LogP contribution in [0.4, 0.5) is 10.5 Å². The molecule has 0 aliphatic carbocycles. The van der Waals surface area contributed by atoms with Crippen LogP contribution in [-0.2, 0) is 27.4 Å². The number of phenols is 1. The van der Waals surface area contributed by atoms with Crippen molar-refractivity contribution in [3.8, 4) is 5.75 Å². The van der Waals surface area contributed by atoms with E-state index in [0.29, 0.717) is 30.0 Å². The Morgan fingerprint density at radius 3 is 2.54 bits per heavy atom. The smallest absolute Gasteiger partial charge is 0.332 e. The van der Waals surface area contributed by atoms with Crippen molar-refractivity contribution in [2.24, 2.45) is 5.73 Å². The number of nitrogens with two attached hydrogens (primary N) is 1. The van der Waals surface area contributed by atoms with Crippen molar-refractivity contribution in [2.45, 2.75) is 57.7 Å². The fourth-order valence-corrected chi connectivity index (χ4v) is 4.67. The fourth-order valence-electron chi connectivity index (χ4n) is 4.67. The average molecular weight is 571 g/mol. The molecular formula is C30H42N4O7. The molecule has 1 aliphatic heterocycles. The molecule has 11 heteroatoms. The van der Waals surface area contributed by atoms with Gasteiger partial charge >= 0.3 is 6.03 Å². The molecule has 6 N–H and O–H groups in total. The molecule has 2 aromatic rings. The summed E-state index contributed by atoms with van der Waals surface area (Å²) in [4.78, 5) is 38.0. The van der Waals surface area contributed by atoms with Gasteiger partial charge in [0, 0.05) is 31.0 Å². The monoisotopic (exact) mass is 570 g/mol. The zero-order chi connectivity index (χ0) is 29.6. The number of aromatic hydroxyl groups is 1. The molecular weight excluding hydrogens is 528 g/mol. The molecule has 0 bridgehead atoms. The third-order valence-corrected chi connectivity index (χ3v) is 6.99. The molecule has 4 amide bonds. The van der Waals surface area contributed by atoms with Gasteiger partial charge in [-0.05, 0) is 74.0 Å². The molecule has 1 aliphatic rings. The van der Waals surface area contributed by atoms with Gasteiger partial charge < -0.3 is 31.1 Å². The summed E-state index contributed by atoms with van der Waals surface area (Å²) in [5.41, 5.74) is 7.90. The number of amides is 4. The van der Waals surface area contributed by atoms with E-state index in [4.69, 9.17) is 10.5 Å². The van der Waals surface area contributed by atoms with Gasteiger partial charge in [0.1, 0.15) is 18.8 Å². The SMILES string of the molecule is NC(=O)CN1C(=O)CN(c2cccc(CCCCOCCCCCCNC[C@H](O)c3ccc(O)c(CO)c3)c2)C1=O. The van der Waals surface area contributed by atoms with Gasteiger partial charge in [-0.3, -0.25) is 19.4 Å². The van der Waals surface area contributed by atoms with E-state index < -0.39 is 30.5 Å². The van der Waals surface area contributed by atoms with Gasteiger partial charge in [0.25, 0.3) is 5.91 Å². The number of primary amides is 1. The normalized spacial score (nSPS) is 14.2. The highest BCUT2D eigenvalue weighted by atomic mass is 16.5. The van der Waals surface area contributed by atoms with Gasteiger partial charge in [0.15, 0.2) is 0 Å². The molecule has 41 heavy (non-hydrogen) atoms. The number of aliphatic hydroxyl groups excluding tert-OH is 2. The van der Waals surface area contributed by atoms with Crippen LogP contribution in [0.15, 0.2) is 42.5 Å². The number of aliphatic hydroxyl groups is 2. The minimum Gasteiger partial charge on any atom is -0.508 e. The lowest BCUT2D eigenvalue weighted by atomic mass is 10.1. The number of rotatable bonds is 19. The van der Waals surface area contributed by atoms with Crippen molar-refractivity contribution in [1.82, 2.24) is 10.2 Å². The second kappa shape index (κ2) is 16.7. The Kier molecular flexibility index (Phi) is 13.0. The number of hydrogen-bond donors (Lipinski definition) is 5. The van der Waals surface area contributed by atoms with Crippen LogP contribution >= 0.6 is 0 Å². The van der Waals surface area contributed by atoms with Crippen LogP contribution in [0, 0.1) is 0 Å². The lowest BCUT2D eigenvalue weighted by Crippen LogP contribution is -2.39. The van der Waals surface area contributed by atoms with E-state index in [1.165, 1.54) is 11.0 Å². The molecule has 0 radical (unpaired) electrons. The van der Waals surface area contributed by atoms with Crippen molar-refractivity contribution < 1.29 is 34.4 Å². The molecule has 3 rings (SSSR count). The van der Waals surface area contributed by atoms with Crippen LogP contribution in [0.5, 0.6) is 5.75 Å². The number of urea groups is 1. The third-order valence-electron chi connectivity index (χ3n) is 6.99. The van der Waals surface area contributed by atoms with Crippen molar-refractivity contribution in [2.75, 3.05) is 44.3 Å². The number of imide groups is 1. The van der Waals surface area contributed by atoms with Crippen LogP contribution in [0.1, 0.15) is 61.3 Å². The number of aryl methyl sites for hydroxylation is 1. The molecule has 1 heterocycles. The molecule has 0 spiro atoms. The number of benzene rings is 2. The maximum Gasteiger partial charge on any atom is 0.332 e. The number of ether oxygens (including phenoxy) is 1. The summed E-state index contributed by atoms with van der Waals surface area (Å²) in [5.74, 6) is -1.14. The van der Waals surface area contributed by atoms with Crippen LogP contribution in [-0.4, -0.2) is 77.5 Å². The topological polar surface area (TPSA) is 166 Å². The van der Waals surface area contributed by atoms with E-state index in [9.17, 15) is 29.7 Å². The summed E-state index contributed by atoms with van der Waals surface area (Å²) in [6.07, 6.45) is 6.14. The Labute approximate surface area is 240 Å². The largest absolute Gasteiger partial charge is 0.508 e. The Morgan fingerprint density at radius 1 is 1.02 bits per heavy atom. The Balaban J connectivity index is 1.20.